The summed E-state index contributed by atoms with van der Waals surface area (Å²) in [4.78, 5) is 37.4. The molecule has 1 fully saturated rings. The number of carbonyl (C=O) groups excluding carboxylic acids is 2. The van der Waals surface area contributed by atoms with Crippen molar-refractivity contribution in [2.75, 3.05) is 23.4 Å². The number of nitrogen functional groups attached to an aromatic ring is 1. The molecule has 10 nitrogen and oxygen atoms in total. The fourth-order valence-corrected chi connectivity index (χ4v) is 3.03. The van der Waals surface area contributed by atoms with Gasteiger partial charge in [0.25, 0.3) is 11.8 Å². The average Bonchev–Trinajstić information content (AvgIpc) is 2.73. The number of carboxylic acids is 1. The molecule has 0 bridgehead atoms. The monoisotopic (exact) mass is 430 g/mol. The van der Waals surface area contributed by atoms with E-state index in [0.717, 1.165) is 23.1 Å². The van der Waals surface area contributed by atoms with Gasteiger partial charge < -0.3 is 30.9 Å². The molecule has 1 aliphatic rings. The van der Waals surface area contributed by atoms with Gasteiger partial charge in [-0.1, -0.05) is 0 Å². The van der Waals surface area contributed by atoms with Crippen LogP contribution in [0, 0.1) is 11.2 Å². The van der Waals surface area contributed by atoms with Crippen molar-refractivity contribution in [2.24, 2.45) is 5.73 Å². The Morgan fingerprint density at radius 2 is 1.90 bits per heavy atom. The predicted molar refractivity (Wildman–Crippen MR) is 108 cm³/mol. The number of hydrogen-bond donors (Lipinski definition) is 5. The number of nitrogens with one attached hydrogen (secondary N) is 2. The largest absolute Gasteiger partial charge is 0.478 e. The normalized spacial score (nSPS) is 17.2. The first-order valence-electron chi connectivity index (χ1n) is 9.07. The molecule has 0 saturated carbocycles. The summed E-state index contributed by atoms with van der Waals surface area (Å²) in [7, 11) is 0. The maximum absolute atomic E-state index is 13.8. The summed E-state index contributed by atoms with van der Waals surface area (Å²) in [6, 6.07) is 8.85. The molecule has 0 spiro atoms. The van der Waals surface area contributed by atoms with E-state index in [-0.39, 0.29) is 30.2 Å². The minimum Gasteiger partial charge on any atom is -0.478 e. The van der Waals surface area contributed by atoms with Gasteiger partial charge in [0, 0.05) is 23.5 Å². The Morgan fingerprint density at radius 3 is 2.52 bits per heavy atom. The molecule has 0 aliphatic carbocycles. The van der Waals surface area contributed by atoms with E-state index in [0.29, 0.717) is 11.3 Å². The summed E-state index contributed by atoms with van der Waals surface area (Å²) in [6.07, 6.45) is -3.45. The van der Waals surface area contributed by atoms with Gasteiger partial charge in [0.2, 0.25) is 0 Å². The number of amides is 2. The summed E-state index contributed by atoms with van der Waals surface area (Å²) < 4.78 is 19.1. The van der Waals surface area contributed by atoms with Gasteiger partial charge in [0.1, 0.15) is 11.7 Å². The van der Waals surface area contributed by atoms with Crippen LogP contribution in [0.2, 0.25) is 0 Å². The Hall–Kier alpha value is -3.83. The smallest absolute Gasteiger partial charge is 0.335 e. The third kappa shape index (κ3) is 4.85. The van der Waals surface area contributed by atoms with E-state index in [1.165, 1.54) is 24.3 Å². The van der Waals surface area contributed by atoms with Crippen LogP contribution in [0.15, 0.2) is 42.5 Å². The number of anilines is 2. The number of morpholine rings is 1. The Labute approximate surface area is 175 Å². The number of aliphatic hydroxyl groups excluding tert-OH is 1. The van der Waals surface area contributed by atoms with Gasteiger partial charge in [-0.15, -0.1) is 0 Å². The van der Waals surface area contributed by atoms with Crippen molar-refractivity contribution >= 4 is 35.0 Å². The average molecular weight is 430 g/mol. The van der Waals surface area contributed by atoms with Crippen LogP contribution in [0.1, 0.15) is 15.9 Å². The molecule has 2 aromatic rings. The highest BCUT2D eigenvalue weighted by Crippen LogP contribution is 2.23. The highest BCUT2D eigenvalue weighted by molar-refractivity contribution is 6.04. The molecule has 2 atom stereocenters. The zero-order valence-electron chi connectivity index (χ0n) is 16.0. The lowest BCUT2D eigenvalue weighted by atomic mass is 10.1. The third-order valence-corrected chi connectivity index (χ3v) is 4.58. The second kappa shape index (κ2) is 8.90. The quantitative estimate of drug-likeness (QED) is 0.329. The van der Waals surface area contributed by atoms with Crippen molar-refractivity contribution < 1.29 is 33.7 Å². The standard InChI is InChI=1S/C20H19FN4O6/c21-12-7-11(20(29)30)8-14(9-12)25-5-6-31-16(19(25)28)15(26)18(27)24-13-3-1-10(2-4-13)17(22)23/h1-4,7-9,15-16,26H,5-6H2,(H3,22,23)(H,24,27)(H,29,30)/t15-,16-/m1/s1. The van der Waals surface area contributed by atoms with Gasteiger partial charge in [-0.3, -0.25) is 15.0 Å². The minimum absolute atomic E-state index is 0.0152. The van der Waals surface area contributed by atoms with Crippen LogP contribution < -0.4 is 16.0 Å². The van der Waals surface area contributed by atoms with Crippen LogP contribution in [0.4, 0.5) is 15.8 Å². The van der Waals surface area contributed by atoms with E-state index in [2.05, 4.69) is 5.32 Å². The maximum Gasteiger partial charge on any atom is 0.335 e. The summed E-state index contributed by atoms with van der Waals surface area (Å²) in [5.74, 6) is -4.10. The van der Waals surface area contributed by atoms with E-state index in [1.807, 2.05) is 0 Å². The molecule has 0 unspecified atom stereocenters. The molecule has 11 heteroatoms. The third-order valence-electron chi connectivity index (χ3n) is 4.58. The highest BCUT2D eigenvalue weighted by Gasteiger charge is 2.39. The lowest BCUT2D eigenvalue weighted by Crippen LogP contribution is -2.55. The van der Waals surface area contributed by atoms with Crippen molar-refractivity contribution in [3.8, 4) is 0 Å². The van der Waals surface area contributed by atoms with E-state index < -0.39 is 35.8 Å². The SMILES string of the molecule is N=C(N)c1ccc(NC(=O)[C@H](O)[C@H]2OCCN(c3cc(F)cc(C(=O)O)c3)C2=O)cc1. The lowest BCUT2D eigenvalue weighted by molar-refractivity contribution is -0.150. The van der Waals surface area contributed by atoms with Gasteiger partial charge in [0.05, 0.1) is 12.2 Å². The van der Waals surface area contributed by atoms with Gasteiger partial charge in [0.15, 0.2) is 12.2 Å². The first-order chi connectivity index (χ1) is 14.7. The molecule has 31 heavy (non-hydrogen) atoms. The van der Waals surface area contributed by atoms with Crippen molar-refractivity contribution in [3.63, 3.8) is 0 Å². The first-order valence-corrected chi connectivity index (χ1v) is 9.07. The number of amidine groups is 1. The first kappa shape index (κ1) is 21.9. The van der Waals surface area contributed by atoms with E-state index in [4.69, 9.17) is 21.0 Å². The number of nitrogens with zero attached hydrogens (tertiary/aromatic N) is 1. The second-order valence-electron chi connectivity index (χ2n) is 6.71. The number of aliphatic hydroxyl groups is 1. The zero-order valence-corrected chi connectivity index (χ0v) is 16.0. The lowest BCUT2D eigenvalue weighted by Gasteiger charge is -2.34. The van der Waals surface area contributed by atoms with Crippen LogP contribution in [0.5, 0.6) is 0 Å². The summed E-state index contributed by atoms with van der Waals surface area (Å²) in [6.45, 7) is -0.0777. The van der Waals surface area contributed by atoms with Crippen molar-refractivity contribution in [1.29, 1.82) is 5.41 Å². The van der Waals surface area contributed by atoms with Crippen molar-refractivity contribution in [3.05, 3.63) is 59.4 Å². The number of hydrogen-bond acceptors (Lipinski definition) is 6. The maximum atomic E-state index is 13.8. The Balaban J connectivity index is 1.75. The number of carbonyl (C=O) groups is 3. The Kier molecular flexibility index (Phi) is 6.28. The second-order valence-corrected chi connectivity index (χ2v) is 6.71. The topological polar surface area (TPSA) is 166 Å². The fourth-order valence-electron chi connectivity index (χ4n) is 3.03. The molecule has 2 aromatic carbocycles. The summed E-state index contributed by atoms with van der Waals surface area (Å²) in [5.41, 5.74) is 5.73. The molecule has 162 valence electrons. The number of ether oxygens (including phenoxy) is 1. The molecule has 0 aromatic heterocycles. The van der Waals surface area contributed by atoms with Crippen LogP contribution in [0.3, 0.4) is 0 Å². The minimum atomic E-state index is -1.88. The Bertz CT molecular complexity index is 1040. The number of nitrogens with two attached hydrogens (primary N) is 1. The van der Waals surface area contributed by atoms with Gasteiger partial charge in [-0.25, -0.2) is 9.18 Å². The van der Waals surface area contributed by atoms with Gasteiger partial charge in [-0.2, -0.15) is 0 Å². The van der Waals surface area contributed by atoms with Crippen LogP contribution in [0.25, 0.3) is 0 Å². The number of benzene rings is 2. The van der Waals surface area contributed by atoms with E-state index >= 15 is 0 Å². The van der Waals surface area contributed by atoms with Crippen LogP contribution in [-0.2, 0) is 14.3 Å². The number of halogens is 1. The Morgan fingerprint density at radius 1 is 1.23 bits per heavy atom. The highest BCUT2D eigenvalue weighted by atomic mass is 19.1. The van der Waals surface area contributed by atoms with Crippen molar-refractivity contribution in [1.82, 2.24) is 0 Å². The molecule has 3 rings (SSSR count). The molecule has 2 amide bonds. The fraction of sp³-hybridized carbons (Fsp3) is 0.200. The van der Waals surface area contributed by atoms with E-state index in [1.54, 1.807) is 0 Å². The molecular weight excluding hydrogens is 411 g/mol. The zero-order chi connectivity index (χ0) is 22.7. The summed E-state index contributed by atoms with van der Waals surface area (Å²) in [5, 5.41) is 29.2. The molecule has 6 N–H and O–H groups in total. The van der Waals surface area contributed by atoms with Gasteiger partial charge >= 0.3 is 5.97 Å². The molecule has 1 saturated heterocycles. The number of rotatable bonds is 6. The molecule has 0 radical (unpaired) electrons. The number of carboxylic acid groups (broad SMARTS) is 1. The number of aromatic carboxylic acids is 1. The molecule has 1 aliphatic heterocycles. The van der Waals surface area contributed by atoms with Crippen molar-refractivity contribution in [2.45, 2.75) is 12.2 Å². The van der Waals surface area contributed by atoms with Crippen LogP contribution >= 0.6 is 0 Å². The van der Waals surface area contributed by atoms with E-state index in [9.17, 15) is 23.9 Å². The predicted octanol–water partition coefficient (Wildman–Crippen LogP) is 0.539. The summed E-state index contributed by atoms with van der Waals surface area (Å²) >= 11 is 0. The molecular formula is C20H19FN4O6. The van der Waals surface area contributed by atoms with Gasteiger partial charge in [-0.05, 0) is 42.5 Å². The molecule has 1 heterocycles. The van der Waals surface area contributed by atoms with Crippen LogP contribution in [-0.4, -0.2) is 59.2 Å².